The Kier molecular flexibility index (Phi) is 12.0. The summed E-state index contributed by atoms with van der Waals surface area (Å²) in [4.78, 5) is 26.8. The zero-order valence-electron chi connectivity index (χ0n) is 26.2. The van der Waals surface area contributed by atoms with Gasteiger partial charge in [-0.25, -0.2) is 25.2 Å². The number of piperidine rings is 1. The largest absolute Gasteiger partial charge is 2.00 e. The minimum atomic E-state index is -1.83. The molecule has 7 heterocycles. The van der Waals surface area contributed by atoms with E-state index in [2.05, 4.69) is 39.0 Å². The molecule has 0 aliphatic carbocycles. The van der Waals surface area contributed by atoms with Gasteiger partial charge >= 0.3 is 56.4 Å². The Hall–Kier alpha value is -5.01. The van der Waals surface area contributed by atoms with E-state index in [1.807, 2.05) is 105 Å². The van der Waals surface area contributed by atoms with Gasteiger partial charge in [-0.05, 0) is 73.5 Å². The van der Waals surface area contributed by atoms with Gasteiger partial charge in [-0.2, -0.15) is 0 Å². The minimum absolute atomic E-state index is 0. The number of para-hydroxylation sites is 1. The Bertz CT molecular complexity index is 1680. The van der Waals surface area contributed by atoms with E-state index in [0.717, 1.165) is 11.3 Å². The Morgan fingerprint density at radius 1 is 0.857 bits per heavy atom. The fraction of sp³-hybridized carbons (Fsp3) is 0.194. The molecule has 3 aliphatic heterocycles. The first kappa shape index (κ1) is 36.8. The van der Waals surface area contributed by atoms with Crippen LogP contribution in [0.2, 0.25) is 0 Å². The van der Waals surface area contributed by atoms with Crippen LogP contribution in [0.3, 0.4) is 0 Å². The predicted octanol–water partition coefficient (Wildman–Crippen LogP) is 2.01. The summed E-state index contributed by atoms with van der Waals surface area (Å²) in [7, 11) is 2.92. The molecule has 0 saturated carbocycles. The number of hydrogen-bond donors (Lipinski definition) is 1. The van der Waals surface area contributed by atoms with Gasteiger partial charge in [0.15, 0.2) is 0 Å². The molecular weight excluding hydrogens is 715 g/mol. The van der Waals surface area contributed by atoms with Crippen LogP contribution in [0.4, 0.5) is 10.5 Å². The Balaban J connectivity index is 0.000000198. The quantitative estimate of drug-likeness (QED) is 0.161. The number of benzene rings is 1. The van der Waals surface area contributed by atoms with Gasteiger partial charge in [0.2, 0.25) is 5.91 Å². The molecule has 5 aromatic rings. The number of carbonyl (C=O) groups is 2. The smallest absolute Gasteiger partial charge is 0.379 e. The van der Waals surface area contributed by atoms with Crippen molar-refractivity contribution in [2.24, 2.45) is 0 Å². The van der Waals surface area contributed by atoms with E-state index in [1.54, 1.807) is 36.8 Å². The van der Waals surface area contributed by atoms with Crippen LogP contribution in [-0.4, -0.2) is 88.7 Å². The molecule has 2 fully saturated rings. The molecule has 0 unspecified atom stereocenters. The van der Waals surface area contributed by atoms with Gasteiger partial charge in [-0.3, -0.25) is 9.69 Å². The number of amides is 2. The van der Waals surface area contributed by atoms with Crippen molar-refractivity contribution >= 4 is 24.4 Å². The van der Waals surface area contributed by atoms with Crippen LogP contribution in [0.5, 0.6) is 0 Å². The minimum Gasteiger partial charge on any atom is -0.379 e. The molecule has 16 nitrogen and oxygen atoms in total. The number of methoxy groups -OCH3 is 2. The van der Waals surface area contributed by atoms with Gasteiger partial charge in [0.1, 0.15) is 6.10 Å². The maximum atomic E-state index is 12.9. The molecule has 1 aromatic carbocycles. The molecular formula is C31H29BMoN10O6+. The number of carbonyl (C=O) groups excluding carboxylic acids is 2. The second-order valence-corrected chi connectivity index (χ2v) is 10.6. The summed E-state index contributed by atoms with van der Waals surface area (Å²) in [6, 6.07) is 14.4. The number of rotatable bonds is 5. The number of hydrogen-bond acceptors (Lipinski definition) is 8. The zero-order valence-corrected chi connectivity index (χ0v) is 28.2. The third-order valence-corrected chi connectivity index (χ3v) is 8.63. The molecule has 18 heteroatoms. The van der Waals surface area contributed by atoms with Gasteiger partial charge in [0, 0.05) is 44.0 Å². The molecule has 1 spiro atoms. The third-order valence-electron chi connectivity index (χ3n) is 8.63. The summed E-state index contributed by atoms with van der Waals surface area (Å²) < 4.78 is 32.6. The maximum absolute atomic E-state index is 12.9. The average Bonchev–Trinajstić information content (AvgIpc) is 3.99. The third kappa shape index (κ3) is 5.97. The van der Waals surface area contributed by atoms with E-state index in [9.17, 15) is 9.59 Å². The van der Waals surface area contributed by atoms with Crippen LogP contribution in [0.25, 0.3) is 0 Å². The Morgan fingerprint density at radius 2 is 1.35 bits per heavy atom. The van der Waals surface area contributed by atoms with Crippen molar-refractivity contribution in [2.45, 2.75) is 23.9 Å². The van der Waals surface area contributed by atoms with E-state index in [4.69, 9.17) is 18.8 Å². The first-order chi connectivity index (χ1) is 23.6. The van der Waals surface area contributed by atoms with Crippen LogP contribution in [-0.2, 0) is 50.1 Å². The maximum Gasteiger partial charge on any atom is 2.00 e. The SMILES string of the molecule is CO[C]1[CH][CH][C@@H]2N(C(=O)OC)[C@H]1C[C@@]21C(=O)Nc2ccccc21.[C-]#[O+].[C-]#[O+].[Mo+2].c1cnn([B-](n2cccn2)(n2cccn2)n2cccn2)c1. The fourth-order valence-electron chi connectivity index (χ4n) is 6.80. The van der Waals surface area contributed by atoms with Gasteiger partial charge in [-0.15, -0.1) is 0 Å². The van der Waals surface area contributed by atoms with Crippen LogP contribution >= 0.6 is 0 Å². The molecule has 2 bridgehead atoms. The second kappa shape index (κ2) is 15.9. The van der Waals surface area contributed by atoms with Crippen molar-refractivity contribution in [2.75, 3.05) is 19.5 Å². The van der Waals surface area contributed by atoms with Crippen molar-refractivity contribution in [3.05, 3.63) is 136 Å². The van der Waals surface area contributed by atoms with Crippen LogP contribution in [0.15, 0.2) is 98.1 Å². The monoisotopic (exact) mass is 746 g/mol. The number of nitrogens with zero attached hydrogens (tertiary/aromatic N) is 9. The molecule has 2 saturated heterocycles. The number of anilines is 1. The second-order valence-electron chi connectivity index (χ2n) is 10.6. The average molecular weight is 744 g/mol. The van der Waals surface area contributed by atoms with E-state index in [0.29, 0.717) is 12.5 Å². The number of aromatic nitrogens is 8. The molecule has 3 aliphatic rings. The van der Waals surface area contributed by atoms with Crippen molar-refractivity contribution in [3.63, 3.8) is 0 Å². The number of fused-ring (bicyclic) bond motifs is 5. The van der Waals surface area contributed by atoms with E-state index < -0.39 is 18.2 Å². The first-order valence-corrected chi connectivity index (χ1v) is 14.5. The number of nitrogens with one attached hydrogen (secondary N) is 1. The molecule has 4 aromatic heterocycles. The topological polar surface area (TPSA) is 179 Å². The summed E-state index contributed by atoms with van der Waals surface area (Å²) in [6.07, 6.45) is 18.9. The van der Waals surface area contributed by atoms with Gasteiger partial charge in [-0.1, -0.05) is 18.2 Å². The first-order valence-electron chi connectivity index (χ1n) is 14.5. The van der Waals surface area contributed by atoms with Crippen LogP contribution in [0, 0.1) is 32.2 Å². The normalized spacial score (nSPS) is 20.2. The van der Waals surface area contributed by atoms with E-state index >= 15 is 0 Å². The molecule has 3 atom stereocenters. The number of ether oxygens (including phenoxy) is 2. The summed E-state index contributed by atoms with van der Waals surface area (Å²) in [5, 5.41) is 20.6. The van der Waals surface area contributed by atoms with Crippen molar-refractivity contribution in [3.8, 4) is 0 Å². The van der Waals surface area contributed by atoms with Crippen molar-refractivity contribution in [1.82, 2.24) is 43.7 Å². The van der Waals surface area contributed by atoms with Gasteiger partial charge in [0.05, 0.1) is 24.6 Å². The van der Waals surface area contributed by atoms with Crippen LogP contribution in [0.1, 0.15) is 12.0 Å². The Morgan fingerprint density at radius 3 is 1.78 bits per heavy atom. The van der Waals surface area contributed by atoms with E-state index in [-0.39, 0.29) is 39.1 Å². The summed E-state index contributed by atoms with van der Waals surface area (Å²) in [5.41, 5.74) is 0.933. The molecule has 2 amide bonds. The zero-order chi connectivity index (χ0) is 34.3. The predicted molar refractivity (Wildman–Crippen MR) is 166 cm³/mol. The van der Waals surface area contributed by atoms with Crippen molar-refractivity contribution in [1.29, 1.82) is 0 Å². The fourth-order valence-corrected chi connectivity index (χ4v) is 6.80. The summed E-state index contributed by atoms with van der Waals surface area (Å²) in [6.45, 7) is 7.17. The Labute approximate surface area is 296 Å². The van der Waals surface area contributed by atoms with Crippen LogP contribution < -0.4 is 5.32 Å². The standard InChI is InChI=1S/C17H17N2O4.C12H12BN8.2CO.Mo/c1-22-13-7-8-14-17(9-12(13)19(14)16(21)23-2)10-5-3-4-6-11(10)18-15(17)20;1-5-14-18(9-1)13(19-10-2-6-15-19,20-11-3-7-16-20)21-12-4-8-17-21;2*1-2;/h3-8,12,14H,9H2,1-2H3,(H,18,20);1-12H;;;/q;-1;;;+2/t12-,14-,17-;;;;/m0..../s1. The molecule has 1 N–H and O–H groups in total. The molecule has 247 valence electrons. The van der Waals surface area contributed by atoms with E-state index in [1.165, 1.54) is 7.11 Å². The molecule has 8 rings (SSSR count). The summed E-state index contributed by atoms with van der Waals surface area (Å²) in [5.74, 6) is -0.0814. The molecule has 3 radical (unpaired) electrons. The summed E-state index contributed by atoms with van der Waals surface area (Å²) >= 11 is 0. The van der Waals surface area contributed by atoms with Crippen molar-refractivity contribution < 1.29 is 49.4 Å². The van der Waals surface area contributed by atoms with Gasteiger partial charge in [0.25, 0.3) is 0 Å². The molecule has 49 heavy (non-hydrogen) atoms. The van der Waals surface area contributed by atoms with Gasteiger partial charge < -0.3 is 33.2 Å².